The second kappa shape index (κ2) is 7.36. The molecule has 0 radical (unpaired) electrons. The van der Waals surface area contributed by atoms with Gasteiger partial charge in [-0.05, 0) is 67.4 Å². The molecule has 2 heterocycles. The van der Waals surface area contributed by atoms with E-state index in [1.807, 2.05) is 47.4 Å². The van der Waals surface area contributed by atoms with E-state index in [-0.39, 0.29) is 11.9 Å². The summed E-state index contributed by atoms with van der Waals surface area (Å²) in [5.41, 5.74) is 3.82. The summed E-state index contributed by atoms with van der Waals surface area (Å²) in [6.45, 7) is 0. The zero-order chi connectivity index (χ0) is 21.7. The molecule has 0 spiro atoms. The van der Waals surface area contributed by atoms with Gasteiger partial charge in [-0.15, -0.1) is 0 Å². The molecule has 1 aliphatic heterocycles. The largest absolute Gasteiger partial charge is 0.334 e. The number of hydrogen-bond donors (Lipinski definition) is 0. The van der Waals surface area contributed by atoms with Crippen LogP contribution in [0.1, 0.15) is 28.8 Å². The number of rotatable bonds is 3. The van der Waals surface area contributed by atoms with Gasteiger partial charge in [0.25, 0.3) is 11.8 Å². The zero-order valence-corrected chi connectivity index (χ0v) is 17.7. The van der Waals surface area contributed by atoms with E-state index in [0.717, 1.165) is 45.0 Å². The fourth-order valence-electron chi connectivity index (χ4n) is 3.86. The van der Waals surface area contributed by atoms with Crippen LogP contribution < -0.4 is 4.90 Å². The van der Waals surface area contributed by atoms with Crippen LogP contribution in [-0.4, -0.2) is 22.1 Å². The maximum atomic E-state index is 13.3. The van der Waals surface area contributed by atoms with Gasteiger partial charge in [0.1, 0.15) is 0 Å². The zero-order valence-electron chi connectivity index (χ0n) is 16.9. The normalized spacial score (nSPS) is 15.0. The molecule has 1 fully saturated rings. The molecule has 1 amide bonds. The monoisotopic (exact) mass is 436 g/mol. The molecule has 1 saturated carbocycles. The Labute approximate surface area is 188 Å². The Morgan fingerprint density at radius 2 is 1.78 bits per heavy atom. The Balaban J connectivity index is 1.40. The average molecular weight is 436 g/mol. The number of aromatic nitrogens is 2. The molecule has 2 aliphatic rings. The first-order chi connectivity index (χ1) is 15.7. The molecule has 0 saturated heterocycles. The van der Waals surface area contributed by atoms with Gasteiger partial charge < -0.3 is 9.42 Å². The smallest absolute Gasteiger partial charge is 0.259 e. The Morgan fingerprint density at radius 1 is 1.00 bits per heavy atom. The van der Waals surface area contributed by atoms with Crippen LogP contribution in [0.2, 0.25) is 0 Å². The summed E-state index contributed by atoms with van der Waals surface area (Å²) in [4.78, 5) is 21.7. The summed E-state index contributed by atoms with van der Waals surface area (Å²) < 4.78 is 5.47. The van der Waals surface area contributed by atoms with E-state index < -0.39 is 0 Å². The van der Waals surface area contributed by atoms with Crippen LogP contribution in [0, 0.1) is 11.3 Å². The Kier molecular flexibility index (Phi) is 4.33. The van der Waals surface area contributed by atoms with Gasteiger partial charge in [0.2, 0.25) is 5.82 Å². The van der Waals surface area contributed by atoms with Crippen molar-refractivity contribution in [2.75, 3.05) is 4.90 Å². The minimum atomic E-state index is 0.0600. The molecule has 4 aromatic rings. The Morgan fingerprint density at radius 3 is 2.56 bits per heavy atom. The van der Waals surface area contributed by atoms with E-state index in [4.69, 9.17) is 9.78 Å². The lowest BCUT2D eigenvalue weighted by molar-refractivity contribution is 0.0982. The Hall–Kier alpha value is -3.89. The molecule has 0 unspecified atom stereocenters. The fraction of sp³-hybridized carbons (Fsp3) is 0.120. The van der Waals surface area contributed by atoms with Crippen LogP contribution in [0.25, 0.3) is 22.8 Å². The maximum Gasteiger partial charge on any atom is 0.259 e. The van der Waals surface area contributed by atoms with Crippen molar-refractivity contribution in [3.8, 4) is 28.9 Å². The van der Waals surface area contributed by atoms with E-state index >= 15 is 0 Å². The summed E-state index contributed by atoms with van der Waals surface area (Å²) in [5, 5.41) is 13.1. The van der Waals surface area contributed by atoms with Crippen molar-refractivity contribution in [2.24, 2.45) is 0 Å². The third-order valence-corrected chi connectivity index (χ3v) is 6.76. The second-order valence-corrected chi connectivity index (χ2v) is 8.88. The molecule has 6 nitrogen and oxygen atoms in total. The molecule has 3 aromatic carbocycles. The summed E-state index contributed by atoms with van der Waals surface area (Å²) >= 11 is 1.59. The molecule has 32 heavy (non-hydrogen) atoms. The van der Waals surface area contributed by atoms with Crippen LogP contribution in [0.15, 0.2) is 81.0 Å². The lowest BCUT2D eigenvalue weighted by Crippen LogP contribution is -2.32. The van der Waals surface area contributed by atoms with Crippen molar-refractivity contribution in [1.82, 2.24) is 10.1 Å². The highest BCUT2D eigenvalue weighted by atomic mass is 32.2. The summed E-state index contributed by atoms with van der Waals surface area (Å²) in [7, 11) is 0. The lowest BCUT2D eigenvalue weighted by Gasteiger charge is -2.22. The van der Waals surface area contributed by atoms with Gasteiger partial charge in [-0.3, -0.25) is 4.79 Å². The molecule has 0 atom stereocenters. The third-order valence-electron chi connectivity index (χ3n) is 5.63. The van der Waals surface area contributed by atoms with Gasteiger partial charge in [0.15, 0.2) is 0 Å². The number of nitrogens with zero attached hydrogens (tertiary/aromatic N) is 4. The molecule has 1 aromatic heterocycles. The van der Waals surface area contributed by atoms with Gasteiger partial charge in [-0.1, -0.05) is 29.1 Å². The first-order valence-corrected chi connectivity index (χ1v) is 11.1. The van der Waals surface area contributed by atoms with Gasteiger partial charge in [0, 0.05) is 27.0 Å². The minimum Gasteiger partial charge on any atom is -0.334 e. The molecule has 6 rings (SSSR count). The lowest BCUT2D eigenvalue weighted by atomic mass is 10.1. The topological polar surface area (TPSA) is 83.0 Å². The van der Waals surface area contributed by atoms with Crippen molar-refractivity contribution in [3.05, 3.63) is 77.9 Å². The number of anilines is 1. The molecule has 154 valence electrons. The third kappa shape index (κ3) is 3.17. The van der Waals surface area contributed by atoms with Crippen molar-refractivity contribution < 1.29 is 9.32 Å². The highest BCUT2D eigenvalue weighted by Gasteiger charge is 2.38. The summed E-state index contributed by atoms with van der Waals surface area (Å²) in [5.74, 6) is 0.937. The van der Waals surface area contributed by atoms with Crippen LogP contribution in [0.5, 0.6) is 0 Å². The van der Waals surface area contributed by atoms with E-state index in [9.17, 15) is 4.79 Å². The fourth-order valence-corrected chi connectivity index (χ4v) is 4.97. The van der Waals surface area contributed by atoms with Crippen molar-refractivity contribution in [2.45, 2.75) is 28.7 Å². The van der Waals surface area contributed by atoms with Gasteiger partial charge in [-0.2, -0.15) is 10.2 Å². The maximum absolute atomic E-state index is 13.3. The number of carbonyl (C=O) groups is 1. The average Bonchev–Trinajstić information content (AvgIpc) is 3.56. The molecule has 0 bridgehead atoms. The van der Waals surface area contributed by atoms with E-state index in [1.54, 1.807) is 36.0 Å². The number of carbonyl (C=O) groups excluding carboxylic acids is 1. The first kappa shape index (κ1) is 18.8. The van der Waals surface area contributed by atoms with Crippen LogP contribution in [0.4, 0.5) is 5.69 Å². The standard InChI is InChI=1S/C25H16N4O2S/c26-14-15-5-7-16(8-6-15)24-27-23(28-31-24)17-9-12-20-22(13-17)32-21-4-2-1-3-19(21)25(30)29(20)18-10-11-18/h1-9,12-13,18H,10-11H2. The van der Waals surface area contributed by atoms with E-state index in [0.29, 0.717) is 17.3 Å². The molecule has 0 N–H and O–H groups in total. The number of benzene rings is 3. The SMILES string of the molecule is N#Cc1ccc(-c2nc(-c3ccc4c(c3)Sc3ccccc3C(=O)N4C3CC3)no2)cc1. The number of fused-ring (bicyclic) bond motifs is 2. The molecular formula is C25H16N4O2S. The number of nitriles is 1. The van der Waals surface area contributed by atoms with Gasteiger partial charge in [-0.25, -0.2) is 0 Å². The number of hydrogen-bond acceptors (Lipinski definition) is 6. The van der Waals surface area contributed by atoms with Crippen molar-refractivity contribution >= 4 is 23.4 Å². The van der Waals surface area contributed by atoms with Gasteiger partial charge in [0.05, 0.1) is 22.9 Å². The number of amides is 1. The van der Waals surface area contributed by atoms with Crippen molar-refractivity contribution in [1.29, 1.82) is 5.26 Å². The van der Waals surface area contributed by atoms with E-state index in [2.05, 4.69) is 16.2 Å². The van der Waals surface area contributed by atoms with Crippen LogP contribution in [-0.2, 0) is 0 Å². The summed E-state index contributed by atoms with van der Waals surface area (Å²) in [6.07, 6.45) is 2.05. The van der Waals surface area contributed by atoms with Crippen molar-refractivity contribution in [3.63, 3.8) is 0 Å². The molecule has 1 aliphatic carbocycles. The van der Waals surface area contributed by atoms with Crippen LogP contribution >= 0.6 is 11.8 Å². The first-order valence-electron chi connectivity index (χ1n) is 10.3. The van der Waals surface area contributed by atoms with Crippen LogP contribution in [0.3, 0.4) is 0 Å². The predicted molar refractivity (Wildman–Crippen MR) is 120 cm³/mol. The van der Waals surface area contributed by atoms with Gasteiger partial charge >= 0.3 is 0 Å². The Bertz CT molecular complexity index is 1400. The molecule has 7 heteroatoms. The highest BCUT2D eigenvalue weighted by molar-refractivity contribution is 7.99. The van der Waals surface area contributed by atoms with E-state index in [1.165, 1.54) is 0 Å². The second-order valence-electron chi connectivity index (χ2n) is 7.80. The summed E-state index contributed by atoms with van der Waals surface area (Å²) in [6, 6.07) is 23.1. The molecular weight excluding hydrogens is 420 g/mol. The minimum absolute atomic E-state index is 0.0600. The highest BCUT2D eigenvalue weighted by Crippen LogP contribution is 2.46. The quantitative estimate of drug-likeness (QED) is 0.419. The predicted octanol–water partition coefficient (Wildman–Crippen LogP) is 5.55.